The van der Waals surface area contributed by atoms with Crippen molar-refractivity contribution in [1.29, 1.82) is 0 Å². The first-order valence-electron chi connectivity index (χ1n) is 6.40. The minimum Gasteiger partial charge on any atom is -0.315 e. The van der Waals surface area contributed by atoms with E-state index < -0.39 is 11.7 Å². The molecule has 1 aromatic rings. The van der Waals surface area contributed by atoms with Crippen LogP contribution in [-0.2, 0) is 4.79 Å². The van der Waals surface area contributed by atoms with Gasteiger partial charge in [0.05, 0.1) is 11.6 Å². The summed E-state index contributed by atoms with van der Waals surface area (Å²) in [4.78, 5) is 25.2. The van der Waals surface area contributed by atoms with E-state index in [0.717, 1.165) is 19.4 Å². The molecule has 0 spiro atoms. The number of piperidine rings is 1. The molecule has 19 heavy (non-hydrogen) atoms. The lowest BCUT2D eigenvalue weighted by molar-refractivity contribution is -0.128. The van der Waals surface area contributed by atoms with Crippen LogP contribution < -0.4 is 5.32 Å². The van der Waals surface area contributed by atoms with Crippen molar-refractivity contribution in [1.82, 2.24) is 10.2 Å². The molecule has 1 aliphatic rings. The van der Waals surface area contributed by atoms with Crippen molar-refractivity contribution in [2.24, 2.45) is 0 Å². The van der Waals surface area contributed by atoms with Crippen molar-refractivity contribution in [3.05, 3.63) is 35.6 Å². The summed E-state index contributed by atoms with van der Waals surface area (Å²) in [6.45, 7) is 2.79. The monoisotopic (exact) mass is 264 g/mol. The van der Waals surface area contributed by atoms with E-state index in [4.69, 9.17) is 0 Å². The number of benzene rings is 1. The maximum absolute atomic E-state index is 13.7. The number of carbonyl (C=O) groups excluding carboxylic acids is 2. The molecule has 1 atom stereocenters. The number of amides is 2. The van der Waals surface area contributed by atoms with E-state index in [1.807, 2.05) is 0 Å². The van der Waals surface area contributed by atoms with Gasteiger partial charge in [0.2, 0.25) is 5.91 Å². The number of nitrogens with zero attached hydrogens (tertiary/aromatic N) is 1. The van der Waals surface area contributed by atoms with Crippen LogP contribution in [0.1, 0.15) is 30.1 Å². The topological polar surface area (TPSA) is 49.4 Å². The molecule has 1 fully saturated rings. The minimum absolute atomic E-state index is 0.0525. The summed E-state index contributed by atoms with van der Waals surface area (Å²) in [6, 6.07) is 5.55. The van der Waals surface area contributed by atoms with Gasteiger partial charge in [0.1, 0.15) is 5.82 Å². The predicted molar refractivity (Wildman–Crippen MR) is 69.1 cm³/mol. The maximum atomic E-state index is 13.7. The number of halogens is 1. The van der Waals surface area contributed by atoms with Gasteiger partial charge in [-0.3, -0.25) is 14.5 Å². The zero-order chi connectivity index (χ0) is 13.8. The van der Waals surface area contributed by atoms with Crippen molar-refractivity contribution >= 4 is 11.8 Å². The third-order valence-electron chi connectivity index (χ3n) is 3.30. The van der Waals surface area contributed by atoms with Gasteiger partial charge in [-0.05, 0) is 31.5 Å². The van der Waals surface area contributed by atoms with E-state index in [-0.39, 0.29) is 17.5 Å². The van der Waals surface area contributed by atoms with Crippen LogP contribution in [0.25, 0.3) is 0 Å². The zero-order valence-corrected chi connectivity index (χ0v) is 10.9. The van der Waals surface area contributed by atoms with E-state index >= 15 is 0 Å². The highest BCUT2D eigenvalue weighted by Crippen LogP contribution is 2.16. The van der Waals surface area contributed by atoms with Crippen molar-refractivity contribution in [2.45, 2.75) is 25.8 Å². The van der Waals surface area contributed by atoms with E-state index in [9.17, 15) is 14.0 Å². The van der Waals surface area contributed by atoms with Gasteiger partial charge in [0, 0.05) is 13.5 Å². The largest absolute Gasteiger partial charge is 0.315 e. The standard InChI is InChI=1S/C14H17FN2O2/c1-10(18)17(11-5-4-8-16-9-11)14(19)12-6-2-3-7-13(12)15/h2-3,6-7,11,16H,4-5,8-9H2,1H3. The van der Waals surface area contributed by atoms with Gasteiger partial charge >= 0.3 is 0 Å². The van der Waals surface area contributed by atoms with E-state index in [2.05, 4.69) is 5.32 Å². The smallest absolute Gasteiger partial charge is 0.263 e. The lowest BCUT2D eigenvalue weighted by Crippen LogP contribution is -2.50. The Labute approximate surface area is 111 Å². The SMILES string of the molecule is CC(=O)N(C(=O)c1ccccc1F)C1CCCNC1. The van der Waals surface area contributed by atoms with Gasteiger partial charge in [-0.15, -0.1) is 0 Å². The molecule has 102 valence electrons. The van der Waals surface area contributed by atoms with Crippen LogP contribution in [0.2, 0.25) is 0 Å². The van der Waals surface area contributed by atoms with Crippen LogP contribution in [0, 0.1) is 5.82 Å². The van der Waals surface area contributed by atoms with Crippen LogP contribution in [-0.4, -0.2) is 35.8 Å². The Hall–Kier alpha value is -1.75. The van der Waals surface area contributed by atoms with E-state index in [1.54, 1.807) is 6.07 Å². The molecule has 0 bridgehead atoms. The molecule has 0 aliphatic carbocycles. The second-order valence-electron chi connectivity index (χ2n) is 4.67. The van der Waals surface area contributed by atoms with Gasteiger partial charge in [-0.2, -0.15) is 0 Å². The Morgan fingerprint density at radius 1 is 1.37 bits per heavy atom. The Morgan fingerprint density at radius 2 is 2.11 bits per heavy atom. The average molecular weight is 264 g/mol. The molecular formula is C14H17FN2O2. The molecular weight excluding hydrogens is 247 g/mol. The highest BCUT2D eigenvalue weighted by molar-refractivity contribution is 6.04. The molecule has 5 heteroatoms. The Bertz CT molecular complexity index is 484. The number of hydrogen-bond donors (Lipinski definition) is 1. The summed E-state index contributed by atoms with van der Waals surface area (Å²) >= 11 is 0. The van der Waals surface area contributed by atoms with Crippen molar-refractivity contribution in [3.8, 4) is 0 Å². The van der Waals surface area contributed by atoms with Gasteiger partial charge in [-0.1, -0.05) is 12.1 Å². The number of hydrogen-bond acceptors (Lipinski definition) is 3. The summed E-state index contributed by atoms with van der Waals surface area (Å²) in [7, 11) is 0. The molecule has 1 aromatic carbocycles. The first kappa shape index (κ1) is 13.7. The zero-order valence-electron chi connectivity index (χ0n) is 10.9. The molecule has 1 aliphatic heterocycles. The quantitative estimate of drug-likeness (QED) is 0.882. The summed E-state index contributed by atoms with van der Waals surface area (Å²) in [6.07, 6.45) is 1.66. The normalized spacial score (nSPS) is 18.9. The summed E-state index contributed by atoms with van der Waals surface area (Å²) < 4.78 is 13.7. The summed E-state index contributed by atoms with van der Waals surface area (Å²) in [5.41, 5.74) is -0.0525. The Kier molecular flexibility index (Phi) is 4.27. The summed E-state index contributed by atoms with van der Waals surface area (Å²) in [5, 5.41) is 3.15. The second kappa shape index (κ2) is 5.93. The van der Waals surface area contributed by atoms with E-state index in [0.29, 0.717) is 6.54 Å². The second-order valence-corrected chi connectivity index (χ2v) is 4.67. The molecule has 1 saturated heterocycles. The van der Waals surface area contributed by atoms with Crippen LogP contribution >= 0.6 is 0 Å². The first-order valence-corrected chi connectivity index (χ1v) is 6.40. The van der Waals surface area contributed by atoms with Crippen LogP contribution in [0.5, 0.6) is 0 Å². The third-order valence-corrected chi connectivity index (χ3v) is 3.30. The van der Waals surface area contributed by atoms with Gasteiger partial charge in [-0.25, -0.2) is 4.39 Å². The van der Waals surface area contributed by atoms with Gasteiger partial charge in [0.25, 0.3) is 5.91 Å². The van der Waals surface area contributed by atoms with Gasteiger partial charge in [0.15, 0.2) is 0 Å². The molecule has 1 heterocycles. The number of rotatable bonds is 2. The third kappa shape index (κ3) is 2.98. The van der Waals surface area contributed by atoms with Crippen molar-refractivity contribution < 1.29 is 14.0 Å². The Morgan fingerprint density at radius 3 is 2.68 bits per heavy atom. The molecule has 0 saturated carbocycles. The van der Waals surface area contributed by atoms with E-state index in [1.165, 1.54) is 30.0 Å². The maximum Gasteiger partial charge on any atom is 0.263 e. The fourth-order valence-corrected chi connectivity index (χ4v) is 2.38. The van der Waals surface area contributed by atoms with Crippen LogP contribution in [0.15, 0.2) is 24.3 Å². The average Bonchev–Trinajstić information content (AvgIpc) is 2.40. The van der Waals surface area contributed by atoms with Crippen LogP contribution in [0.4, 0.5) is 4.39 Å². The molecule has 0 radical (unpaired) electrons. The molecule has 4 nitrogen and oxygen atoms in total. The molecule has 1 unspecified atom stereocenters. The highest BCUT2D eigenvalue weighted by Gasteiger charge is 2.30. The lowest BCUT2D eigenvalue weighted by Gasteiger charge is -2.32. The highest BCUT2D eigenvalue weighted by atomic mass is 19.1. The fourth-order valence-electron chi connectivity index (χ4n) is 2.38. The molecule has 2 amide bonds. The molecule has 0 aromatic heterocycles. The minimum atomic E-state index is -0.595. The number of carbonyl (C=O) groups is 2. The first-order chi connectivity index (χ1) is 9.11. The molecule has 2 rings (SSSR count). The lowest BCUT2D eigenvalue weighted by atomic mass is 10.0. The Balaban J connectivity index is 2.26. The predicted octanol–water partition coefficient (Wildman–Crippen LogP) is 1.57. The fraction of sp³-hybridized carbons (Fsp3) is 0.429. The van der Waals surface area contributed by atoms with Crippen molar-refractivity contribution in [2.75, 3.05) is 13.1 Å². The molecule has 1 N–H and O–H groups in total. The van der Waals surface area contributed by atoms with Crippen molar-refractivity contribution in [3.63, 3.8) is 0 Å². The van der Waals surface area contributed by atoms with Gasteiger partial charge < -0.3 is 5.32 Å². The van der Waals surface area contributed by atoms with Crippen LogP contribution in [0.3, 0.4) is 0 Å². The summed E-state index contributed by atoms with van der Waals surface area (Å²) in [5.74, 6) is -1.50. The number of imide groups is 1. The number of nitrogens with one attached hydrogen (secondary N) is 1.